The van der Waals surface area contributed by atoms with Crippen LogP contribution in [-0.2, 0) is 6.42 Å². The molecule has 2 aromatic rings. The van der Waals surface area contributed by atoms with Gasteiger partial charge in [-0.3, -0.25) is 0 Å². The van der Waals surface area contributed by atoms with Gasteiger partial charge in [0, 0.05) is 0 Å². The zero-order chi connectivity index (χ0) is 13.2. The predicted molar refractivity (Wildman–Crippen MR) is 71.5 cm³/mol. The van der Waals surface area contributed by atoms with E-state index in [1.54, 1.807) is 18.2 Å². The van der Waals surface area contributed by atoms with Gasteiger partial charge < -0.3 is 9.84 Å². The first-order valence-electron chi connectivity index (χ1n) is 6.32. The number of aromatic carboxylic acids is 1. The highest BCUT2D eigenvalue weighted by Crippen LogP contribution is 2.34. The molecule has 0 saturated heterocycles. The van der Waals surface area contributed by atoms with Gasteiger partial charge in [-0.25, -0.2) is 4.79 Å². The van der Waals surface area contributed by atoms with Crippen molar-refractivity contribution in [1.29, 1.82) is 0 Å². The van der Waals surface area contributed by atoms with E-state index in [0.29, 0.717) is 5.56 Å². The quantitative estimate of drug-likeness (QED) is 0.892. The molecule has 1 heterocycles. The maximum atomic E-state index is 11.0. The zero-order valence-corrected chi connectivity index (χ0v) is 10.4. The fourth-order valence-electron chi connectivity index (χ4n) is 2.43. The van der Waals surface area contributed by atoms with Crippen LogP contribution >= 0.6 is 0 Å². The third-order valence-corrected chi connectivity index (χ3v) is 3.42. The van der Waals surface area contributed by atoms with Crippen LogP contribution in [0.15, 0.2) is 48.5 Å². The summed E-state index contributed by atoms with van der Waals surface area (Å²) in [5, 5.41) is 9.02. The number of para-hydroxylation sites is 1. The second kappa shape index (κ2) is 4.76. The van der Waals surface area contributed by atoms with E-state index in [4.69, 9.17) is 9.84 Å². The Kier molecular flexibility index (Phi) is 2.95. The number of carbonyl (C=O) groups is 1. The molecular formula is C16H14O3. The smallest absolute Gasteiger partial charge is 0.335 e. The molecule has 0 saturated carbocycles. The number of carboxylic acids is 1. The molecule has 0 amide bonds. The summed E-state index contributed by atoms with van der Waals surface area (Å²) in [6.45, 7) is 0. The third-order valence-electron chi connectivity index (χ3n) is 3.42. The Labute approximate surface area is 111 Å². The van der Waals surface area contributed by atoms with Crippen LogP contribution in [0, 0.1) is 0 Å². The Hall–Kier alpha value is -2.29. The molecule has 96 valence electrons. The van der Waals surface area contributed by atoms with Crippen LogP contribution < -0.4 is 4.74 Å². The number of ether oxygens (including phenoxy) is 1. The van der Waals surface area contributed by atoms with Crippen molar-refractivity contribution >= 4 is 5.97 Å². The van der Waals surface area contributed by atoms with E-state index in [2.05, 4.69) is 6.07 Å². The van der Waals surface area contributed by atoms with Crippen molar-refractivity contribution in [2.75, 3.05) is 0 Å². The lowest BCUT2D eigenvalue weighted by atomic mass is 9.96. The number of fused-ring (bicyclic) bond motifs is 1. The lowest BCUT2D eigenvalue weighted by Crippen LogP contribution is -2.15. The van der Waals surface area contributed by atoms with Gasteiger partial charge in [-0.2, -0.15) is 0 Å². The van der Waals surface area contributed by atoms with Crippen molar-refractivity contribution in [3.8, 4) is 5.75 Å². The van der Waals surface area contributed by atoms with Crippen molar-refractivity contribution in [1.82, 2.24) is 0 Å². The Bertz CT molecular complexity index is 619. The largest absolute Gasteiger partial charge is 0.485 e. The summed E-state index contributed by atoms with van der Waals surface area (Å²) < 4.78 is 5.96. The van der Waals surface area contributed by atoms with E-state index in [1.165, 1.54) is 5.56 Å². The minimum absolute atomic E-state index is 0.0609. The summed E-state index contributed by atoms with van der Waals surface area (Å²) in [6, 6.07) is 15.0. The van der Waals surface area contributed by atoms with Gasteiger partial charge in [0.1, 0.15) is 11.9 Å². The molecule has 1 atom stereocenters. The van der Waals surface area contributed by atoms with Crippen LogP contribution in [0.5, 0.6) is 5.75 Å². The molecule has 0 bridgehead atoms. The molecule has 3 nitrogen and oxygen atoms in total. The normalized spacial score (nSPS) is 17.4. The molecular weight excluding hydrogens is 240 g/mol. The monoisotopic (exact) mass is 254 g/mol. The first kappa shape index (κ1) is 11.8. The lowest BCUT2D eigenvalue weighted by Gasteiger charge is -2.26. The predicted octanol–water partition coefficient (Wildman–Crippen LogP) is 3.45. The Balaban J connectivity index is 1.89. The van der Waals surface area contributed by atoms with Crippen LogP contribution in [0.25, 0.3) is 0 Å². The number of hydrogen-bond acceptors (Lipinski definition) is 2. The van der Waals surface area contributed by atoms with E-state index in [9.17, 15) is 4.79 Å². The molecule has 0 fully saturated rings. The standard InChI is InChI=1S/C16H14O3/c17-16(18)13-6-3-5-12(10-13)15-9-8-11-4-1-2-7-14(11)19-15/h1-7,10,15H,8-9H2,(H,17,18). The average molecular weight is 254 g/mol. The summed E-state index contributed by atoms with van der Waals surface area (Å²) in [7, 11) is 0. The molecule has 19 heavy (non-hydrogen) atoms. The minimum Gasteiger partial charge on any atom is -0.485 e. The molecule has 0 spiro atoms. The molecule has 0 aliphatic carbocycles. The molecule has 0 radical (unpaired) electrons. The molecule has 2 aromatic carbocycles. The van der Waals surface area contributed by atoms with E-state index >= 15 is 0 Å². The summed E-state index contributed by atoms with van der Waals surface area (Å²) >= 11 is 0. The van der Waals surface area contributed by atoms with Crippen molar-refractivity contribution in [2.45, 2.75) is 18.9 Å². The van der Waals surface area contributed by atoms with Gasteiger partial charge in [-0.1, -0.05) is 30.3 Å². The number of carboxylic acid groups (broad SMARTS) is 1. The van der Waals surface area contributed by atoms with Gasteiger partial charge >= 0.3 is 5.97 Å². The van der Waals surface area contributed by atoms with Crippen LogP contribution in [0.2, 0.25) is 0 Å². The van der Waals surface area contributed by atoms with Crippen molar-refractivity contribution in [3.63, 3.8) is 0 Å². The van der Waals surface area contributed by atoms with Crippen LogP contribution in [0.4, 0.5) is 0 Å². The number of aryl methyl sites for hydroxylation is 1. The zero-order valence-electron chi connectivity index (χ0n) is 10.4. The van der Waals surface area contributed by atoms with E-state index in [1.807, 2.05) is 24.3 Å². The van der Waals surface area contributed by atoms with Gasteiger partial charge in [-0.15, -0.1) is 0 Å². The Morgan fingerprint density at radius 2 is 2.00 bits per heavy atom. The highest BCUT2D eigenvalue weighted by Gasteiger charge is 2.21. The van der Waals surface area contributed by atoms with Gasteiger partial charge in [-0.05, 0) is 42.2 Å². The van der Waals surface area contributed by atoms with Gasteiger partial charge in [0.2, 0.25) is 0 Å². The lowest BCUT2D eigenvalue weighted by molar-refractivity contribution is 0.0696. The van der Waals surface area contributed by atoms with Crippen molar-refractivity contribution < 1.29 is 14.6 Å². The van der Waals surface area contributed by atoms with Crippen molar-refractivity contribution in [3.05, 3.63) is 65.2 Å². The molecule has 1 unspecified atom stereocenters. The molecule has 3 rings (SSSR count). The van der Waals surface area contributed by atoms with Gasteiger partial charge in [0.25, 0.3) is 0 Å². The van der Waals surface area contributed by atoms with E-state index < -0.39 is 5.97 Å². The summed E-state index contributed by atoms with van der Waals surface area (Å²) in [6.07, 6.45) is 1.77. The maximum absolute atomic E-state index is 11.0. The van der Waals surface area contributed by atoms with Crippen LogP contribution in [0.1, 0.15) is 34.0 Å². The summed E-state index contributed by atoms with van der Waals surface area (Å²) in [5.74, 6) is -0.00228. The first-order chi connectivity index (χ1) is 9.24. The van der Waals surface area contributed by atoms with Gasteiger partial charge in [0.05, 0.1) is 5.56 Å². The number of rotatable bonds is 2. The minimum atomic E-state index is -0.905. The second-order valence-corrected chi connectivity index (χ2v) is 4.68. The second-order valence-electron chi connectivity index (χ2n) is 4.68. The first-order valence-corrected chi connectivity index (χ1v) is 6.32. The summed E-state index contributed by atoms with van der Waals surface area (Å²) in [4.78, 5) is 11.0. The molecule has 3 heteroatoms. The SMILES string of the molecule is O=C(O)c1cccc(C2CCc3ccccc3O2)c1. The van der Waals surface area contributed by atoms with Gasteiger partial charge in [0.15, 0.2) is 0 Å². The molecule has 1 N–H and O–H groups in total. The fourth-order valence-corrected chi connectivity index (χ4v) is 2.43. The number of hydrogen-bond donors (Lipinski definition) is 1. The fraction of sp³-hybridized carbons (Fsp3) is 0.188. The Morgan fingerprint density at radius 3 is 2.84 bits per heavy atom. The summed E-state index contributed by atoms with van der Waals surface area (Å²) in [5.41, 5.74) is 2.45. The molecule has 1 aliphatic rings. The number of benzene rings is 2. The highest BCUT2D eigenvalue weighted by molar-refractivity contribution is 5.87. The van der Waals surface area contributed by atoms with E-state index in [-0.39, 0.29) is 6.10 Å². The Morgan fingerprint density at radius 1 is 1.16 bits per heavy atom. The average Bonchev–Trinajstić information content (AvgIpc) is 2.47. The van der Waals surface area contributed by atoms with Crippen LogP contribution in [-0.4, -0.2) is 11.1 Å². The highest BCUT2D eigenvalue weighted by atomic mass is 16.5. The van der Waals surface area contributed by atoms with E-state index in [0.717, 1.165) is 24.2 Å². The topological polar surface area (TPSA) is 46.5 Å². The van der Waals surface area contributed by atoms with Crippen LogP contribution in [0.3, 0.4) is 0 Å². The van der Waals surface area contributed by atoms with Crippen molar-refractivity contribution in [2.24, 2.45) is 0 Å². The molecule has 0 aromatic heterocycles. The molecule has 1 aliphatic heterocycles. The maximum Gasteiger partial charge on any atom is 0.335 e. The third kappa shape index (κ3) is 2.32.